The molecule has 0 bridgehead atoms. The molecule has 0 N–H and O–H groups in total. The number of hydrazone groups is 1. The highest BCUT2D eigenvalue weighted by molar-refractivity contribution is 7.99. The molecule has 3 aromatic heterocycles. The third kappa shape index (κ3) is 4.25. The standard InChI is InChI=1S/C22H26N4O2S2/c1-14(2)12-25-16(4)15(3)23-22(25)30-13-21(27)26-18(20-8-6-10-29-20)11-17(24-26)19-7-5-9-28-19/h5-10,14,18H,11-13H2,1-4H3. The van der Waals surface area contributed by atoms with Crippen LogP contribution in [0.1, 0.15) is 48.3 Å². The van der Waals surface area contributed by atoms with Crippen LogP contribution in [0.5, 0.6) is 0 Å². The summed E-state index contributed by atoms with van der Waals surface area (Å²) in [6, 6.07) is 7.72. The predicted octanol–water partition coefficient (Wildman–Crippen LogP) is 5.28. The molecule has 0 aliphatic carbocycles. The second-order valence-corrected chi connectivity index (χ2v) is 9.78. The van der Waals surface area contributed by atoms with E-state index in [0.717, 1.165) is 39.4 Å². The van der Waals surface area contributed by atoms with Gasteiger partial charge in [0.15, 0.2) is 5.16 Å². The maximum atomic E-state index is 13.2. The normalized spacial score (nSPS) is 16.5. The Bertz CT molecular complexity index is 1040. The number of thioether (sulfide) groups is 1. The second-order valence-electron chi connectivity index (χ2n) is 7.86. The van der Waals surface area contributed by atoms with Gasteiger partial charge < -0.3 is 8.98 Å². The monoisotopic (exact) mass is 442 g/mol. The number of amides is 1. The first-order valence-electron chi connectivity index (χ1n) is 10.1. The van der Waals surface area contributed by atoms with Crippen molar-refractivity contribution in [3.8, 4) is 0 Å². The molecular weight excluding hydrogens is 416 g/mol. The van der Waals surface area contributed by atoms with Crippen LogP contribution in [-0.2, 0) is 11.3 Å². The zero-order valence-corrected chi connectivity index (χ0v) is 19.3. The van der Waals surface area contributed by atoms with Crippen LogP contribution in [0.4, 0.5) is 0 Å². The number of thiophene rings is 1. The Balaban J connectivity index is 1.53. The van der Waals surface area contributed by atoms with E-state index in [4.69, 9.17) is 9.40 Å². The molecule has 4 heterocycles. The van der Waals surface area contributed by atoms with Crippen LogP contribution in [0, 0.1) is 19.8 Å². The van der Waals surface area contributed by atoms with E-state index in [9.17, 15) is 4.79 Å². The minimum Gasteiger partial charge on any atom is -0.463 e. The fraction of sp³-hybridized carbons (Fsp3) is 0.409. The van der Waals surface area contributed by atoms with Crippen LogP contribution >= 0.6 is 23.1 Å². The molecule has 1 aliphatic rings. The fourth-order valence-electron chi connectivity index (χ4n) is 3.54. The molecule has 0 saturated heterocycles. The zero-order chi connectivity index (χ0) is 21.3. The van der Waals surface area contributed by atoms with Crippen molar-refractivity contribution >= 4 is 34.7 Å². The van der Waals surface area contributed by atoms with E-state index < -0.39 is 0 Å². The van der Waals surface area contributed by atoms with Crippen molar-refractivity contribution in [2.45, 2.75) is 51.9 Å². The molecule has 1 amide bonds. The van der Waals surface area contributed by atoms with Crippen molar-refractivity contribution in [1.82, 2.24) is 14.6 Å². The van der Waals surface area contributed by atoms with Gasteiger partial charge in [-0.05, 0) is 43.3 Å². The Morgan fingerprint density at radius 2 is 2.17 bits per heavy atom. The molecule has 3 aromatic rings. The number of rotatable bonds is 7. The largest absolute Gasteiger partial charge is 0.463 e. The molecule has 0 saturated carbocycles. The van der Waals surface area contributed by atoms with E-state index in [-0.39, 0.29) is 11.9 Å². The molecule has 1 atom stereocenters. The van der Waals surface area contributed by atoms with Crippen molar-refractivity contribution in [1.29, 1.82) is 0 Å². The summed E-state index contributed by atoms with van der Waals surface area (Å²) >= 11 is 3.14. The van der Waals surface area contributed by atoms with E-state index in [1.807, 2.05) is 30.5 Å². The van der Waals surface area contributed by atoms with Crippen molar-refractivity contribution in [3.05, 3.63) is 57.9 Å². The zero-order valence-electron chi connectivity index (χ0n) is 17.7. The molecule has 1 unspecified atom stereocenters. The van der Waals surface area contributed by atoms with Crippen molar-refractivity contribution in [2.24, 2.45) is 11.0 Å². The number of aryl methyl sites for hydroxylation is 1. The lowest BCUT2D eigenvalue weighted by molar-refractivity contribution is -0.130. The third-order valence-electron chi connectivity index (χ3n) is 5.14. The molecule has 0 fully saturated rings. The summed E-state index contributed by atoms with van der Waals surface area (Å²) in [6.07, 6.45) is 2.29. The average molecular weight is 443 g/mol. The van der Waals surface area contributed by atoms with Crippen LogP contribution in [-0.4, -0.2) is 31.9 Å². The van der Waals surface area contributed by atoms with Gasteiger partial charge in [-0.25, -0.2) is 9.99 Å². The summed E-state index contributed by atoms with van der Waals surface area (Å²) in [5, 5.41) is 9.21. The van der Waals surface area contributed by atoms with Gasteiger partial charge in [-0.15, -0.1) is 11.3 Å². The highest BCUT2D eigenvalue weighted by atomic mass is 32.2. The minimum atomic E-state index is -0.0860. The van der Waals surface area contributed by atoms with Gasteiger partial charge in [0.05, 0.1) is 23.8 Å². The number of carbonyl (C=O) groups excluding carboxylic acids is 1. The highest BCUT2D eigenvalue weighted by Crippen LogP contribution is 2.36. The van der Waals surface area contributed by atoms with Crippen LogP contribution in [0.2, 0.25) is 0 Å². The summed E-state index contributed by atoms with van der Waals surface area (Å²) < 4.78 is 7.74. The van der Waals surface area contributed by atoms with Crippen LogP contribution in [0.3, 0.4) is 0 Å². The van der Waals surface area contributed by atoms with Gasteiger partial charge in [0.2, 0.25) is 0 Å². The maximum Gasteiger partial charge on any atom is 0.253 e. The number of furan rings is 1. The van der Waals surface area contributed by atoms with E-state index in [1.54, 1.807) is 22.6 Å². The fourth-order valence-corrected chi connectivity index (χ4v) is 5.31. The molecule has 30 heavy (non-hydrogen) atoms. The van der Waals surface area contributed by atoms with Gasteiger partial charge in [0.1, 0.15) is 11.5 Å². The first-order chi connectivity index (χ1) is 14.4. The molecule has 8 heteroatoms. The van der Waals surface area contributed by atoms with Crippen LogP contribution in [0.25, 0.3) is 0 Å². The molecule has 1 aliphatic heterocycles. The van der Waals surface area contributed by atoms with Gasteiger partial charge in [-0.3, -0.25) is 4.79 Å². The Morgan fingerprint density at radius 3 is 2.83 bits per heavy atom. The number of carbonyl (C=O) groups is 1. The lowest BCUT2D eigenvalue weighted by Crippen LogP contribution is -2.28. The topological polar surface area (TPSA) is 63.6 Å². The highest BCUT2D eigenvalue weighted by Gasteiger charge is 2.34. The van der Waals surface area contributed by atoms with Gasteiger partial charge >= 0.3 is 0 Å². The number of aromatic nitrogens is 2. The smallest absolute Gasteiger partial charge is 0.253 e. The summed E-state index contributed by atoms with van der Waals surface area (Å²) in [4.78, 5) is 19.0. The Labute approximate surface area is 185 Å². The Hall–Kier alpha value is -2.32. The first kappa shape index (κ1) is 20.9. The summed E-state index contributed by atoms with van der Waals surface area (Å²) in [6.45, 7) is 9.38. The molecule has 0 spiro atoms. The maximum absolute atomic E-state index is 13.2. The summed E-state index contributed by atoms with van der Waals surface area (Å²) in [5.74, 6) is 1.51. The predicted molar refractivity (Wildman–Crippen MR) is 121 cm³/mol. The number of hydrogen-bond donors (Lipinski definition) is 0. The molecule has 4 rings (SSSR count). The van der Waals surface area contributed by atoms with Crippen molar-refractivity contribution in [3.63, 3.8) is 0 Å². The Kier molecular flexibility index (Phi) is 6.15. The quantitative estimate of drug-likeness (QED) is 0.467. The van der Waals surface area contributed by atoms with Crippen molar-refractivity contribution in [2.75, 3.05) is 5.75 Å². The molecule has 158 valence electrons. The third-order valence-corrected chi connectivity index (χ3v) is 7.07. The second kappa shape index (κ2) is 8.81. The van der Waals surface area contributed by atoms with Crippen molar-refractivity contribution < 1.29 is 9.21 Å². The SMILES string of the molecule is Cc1nc(SCC(=O)N2N=C(c3ccco3)CC2c2cccs2)n(CC(C)C)c1C. The lowest BCUT2D eigenvalue weighted by Gasteiger charge is -2.20. The number of nitrogens with zero attached hydrogens (tertiary/aromatic N) is 4. The van der Waals surface area contributed by atoms with E-state index in [2.05, 4.69) is 36.5 Å². The van der Waals surface area contributed by atoms with Crippen LogP contribution < -0.4 is 0 Å². The first-order valence-corrected chi connectivity index (χ1v) is 11.9. The van der Waals surface area contributed by atoms with Gasteiger partial charge in [0.25, 0.3) is 5.91 Å². The Morgan fingerprint density at radius 1 is 1.33 bits per heavy atom. The average Bonchev–Trinajstić information content (AvgIpc) is 3.49. The van der Waals surface area contributed by atoms with E-state index in [0.29, 0.717) is 18.1 Å². The van der Waals surface area contributed by atoms with Gasteiger partial charge in [0, 0.05) is 23.5 Å². The van der Waals surface area contributed by atoms with Gasteiger partial charge in [-0.1, -0.05) is 31.7 Å². The van der Waals surface area contributed by atoms with Gasteiger partial charge in [-0.2, -0.15) is 5.10 Å². The minimum absolute atomic E-state index is 0.0191. The summed E-state index contributed by atoms with van der Waals surface area (Å²) in [5.41, 5.74) is 2.99. The lowest BCUT2D eigenvalue weighted by atomic mass is 10.1. The molecular formula is C22H26N4O2S2. The number of imidazole rings is 1. The summed E-state index contributed by atoms with van der Waals surface area (Å²) in [7, 11) is 0. The van der Waals surface area contributed by atoms with Crippen LogP contribution in [0.15, 0.2) is 50.6 Å². The van der Waals surface area contributed by atoms with E-state index >= 15 is 0 Å². The molecule has 0 aromatic carbocycles. The van der Waals surface area contributed by atoms with E-state index in [1.165, 1.54) is 11.8 Å². The number of hydrogen-bond acceptors (Lipinski definition) is 6. The molecule has 6 nitrogen and oxygen atoms in total. The molecule has 0 radical (unpaired) electrons.